The van der Waals surface area contributed by atoms with Gasteiger partial charge in [-0.3, -0.25) is 0 Å². The van der Waals surface area contributed by atoms with E-state index in [2.05, 4.69) is 0 Å². The third kappa shape index (κ3) is 18.6. The Morgan fingerprint density at radius 2 is 0.875 bits per heavy atom. The number of hydrogen-bond donors (Lipinski definition) is 2. The minimum Gasteiger partial charge on any atom is -0.344 e. The number of nitrogens with zero attached hydrogens (tertiary/aromatic N) is 2. The van der Waals surface area contributed by atoms with Gasteiger partial charge in [-0.15, -0.1) is 0 Å². The average molecular weight is 226 g/mol. The first-order valence-corrected chi connectivity index (χ1v) is 5.65. The summed E-state index contributed by atoms with van der Waals surface area (Å²) < 4.78 is 0. The number of unbranched alkanes of at least 4 members (excludes halogenated alkanes) is 3. The molecule has 0 amide bonds. The minimum atomic E-state index is 0. The van der Waals surface area contributed by atoms with E-state index in [1.165, 1.54) is 38.5 Å². The molecule has 1 saturated carbocycles. The summed E-state index contributed by atoms with van der Waals surface area (Å²) in [6.45, 7) is 0. The van der Waals surface area contributed by atoms with Gasteiger partial charge in [0.05, 0.1) is 12.1 Å². The Balaban J connectivity index is -0.000000192. The minimum absolute atomic E-state index is 0. The topological polar surface area (TPSA) is 118 Å². The average Bonchev–Trinajstić information content (AvgIpc) is 2.28. The highest BCUT2D eigenvalue weighted by Crippen LogP contribution is 2.15. The number of hydrogen-bond acceptors (Lipinski definition) is 4. The fourth-order valence-electron chi connectivity index (χ4n) is 1.47. The van der Waals surface area contributed by atoms with Crippen LogP contribution in [0.2, 0.25) is 0 Å². The largest absolute Gasteiger partial charge is 0.344 e. The summed E-state index contributed by atoms with van der Waals surface area (Å²) in [6, 6.07) is 4.03. The quantitative estimate of drug-likeness (QED) is 0.699. The highest BCUT2D eigenvalue weighted by molar-refractivity contribution is 4.72. The standard InChI is InChI=1S/C6H8N2.C6H12.2H3N/c7-5-3-1-2-4-6-8;1-2-4-6-5-3-1;;/h1-4H2;1-6H2;2*1H3. The van der Waals surface area contributed by atoms with Gasteiger partial charge in [0.25, 0.3) is 0 Å². The zero-order valence-corrected chi connectivity index (χ0v) is 10.4. The van der Waals surface area contributed by atoms with Gasteiger partial charge in [0, 0.05) is 12.8 Å². The monoisotopic (exact) mass is 226 g/mol. The molecule has 0 spiro atoms. The summed E-state index contributed by atoms with van der Waals surface area (Å²) in [5, 5.41) is 16.1. The Morgan fingerprint density at radius 1 is 0.625 bits per heavy atom. The van der Waals surface area contributed by atoms with Gasteiger partial charge in [-0.05, 0) is 12.8 Å². The second-order valence-corrected chi connectivity index (χ2v) is 3.64. The maximum atomic E-state index is 8.03. The van der Waals surface area contributed by atoms with Crippen LogP contribution in [0.3, 0.4) is 0 Å². The molecule has 0 heterocycles. The molecule has 0 aliphatic heterocycles. The van der Waals surface area contributed by atoms with E-state index in [4.69, 9.17) is 10.5 Å². The van der Waals surface area contributed by atoms with Crippen LogP contribution in [0.4, 0.5) is 0 Å². The SMILES string of the molecule is C1CCCCC1.N.N.N#CCCCCC#N. The second-order valence-electron chi connectivity index (χ2n) is 3.64. The molecular formula is C12H26N4. The maximum Gasteiger partial charge on any atom is 0.0621 e. The summed E-state index contributed by atoms with van der Waals surface area (Å²) in [5.74, 6) is 0. The van der Waals surface area contributed by atoms with E-state index in [0.29, 0.717) is 12.8 Å². The van der Waals surface area contributed by atoms with E-state index in [1.807, 2.05) is 12.1 Å². The van der Waals surface area contributed by atoms with Crippen LogP contribution >= 0.6 is 0 Å². The van der Waals surface area contributed by atoms with Crippen LogP contribution in [0.25, 0.3) is 0 Å². The summed E-state index contributed by atoms with van der Waals surface area (Å²) in [7, 11) is 0. The Morgan fingerprint density at radius 3 is 1.06 bits per heavy atom. The molecule has 0 atom stereocenters. The Hall–Kier alpha value is -1.10. The molecule has 1 fully saturated rings. The van der Waals surface area contributed by atoms with Crippen molar-refractivity contribution in [3.63, 3.8) is 0 Å². The van der Waals surface area contributed by atoms with Gasteiger partial charge in [0.15, 0.2) is 0 Å². The van der Waals surface area contributed by atoms with Crippen molar-refractivity contribution >= 4 is 0 Å². The van der Waals surface area contributed by atoms with Crippen molar-refractivity contribution in [3.8, 4) is 12.1 Å². The summed E-state index contributed by atoms with van der Waals surface area (Å²) in [6.07, 6.45) is 11.9. The van der Waals surface area contributed by atoms with Crippen molar-refractivity contribution in [2.45, 2.75) is 64.2 Å². The van der Waals surface area contributed by atoms with Gasteiger partial charge in [-0.1, -0.05) is 38.5 Å². The lowest BCUT2D eigenvalue weighted by Crippen LogP contribution is -1.85. The Labute approximate surface area is 99.8 Å². The van der Waals surface area contributed by atoms with Crippen molar-refractivity contribution in [3.05, 3.63) is 0 Å². The molecule has 0 bridgehead atoms. The molecule has 0 aromatic carbocycles. The first-order chi connectivity index (χ1) is 6.91. The van der Waals surface area contributed by atoms with E-state index < -0.39 is 0 Å². The van der Waals surface area contributed by atoms with Gasteiger partial charge in [0.2, 0.25) is 0 Å². The van der Waals surface area contributed by atoms with E-state index in [1.54, 1.807) is 0 Å². The van der Waals surface area contributed by atoms with Crippen LogP contribution in [0.15, 0.2) is 0 Å². The van der Waals surface area contributed by atoms with Crippen LogP contribution in [0.1, 0.15) is 64.2 Å². The van der Waals surface area contributed by atoms with Crippen molar-refractivity contribution in [2.24, 2.45) is 0 Å². The second kappa shape index (κ2) is 19.5. The van der Waals surface area contributed by atoms with Crippen molar-refractivity contribution in [1.29, 1.82) is 10.5 Å². The zero-order valence-electron chi connectivity index (χ0n) is 10.4. The van der Waals surface area contributed by atoms with Crippen LogP contribution in [-0.2, 0) is 0 Å². The smallest absolute Gasteiger partial charge is 0.0621 e. The summed E-state index contributed by atoms with van der Waals surface area (Å²) >= 11 is 0. The predicted molar refractivity (Wildman–Crippen MR) is 67.4 cm³/mol. The van der Waals surface area contributed by atoms with Crippen molar-refractivity contribution < 1.29 is 0 Å². The molecule has 1 aliphatic rings. The molecule has 4 heteroatoms. The zero-order chi connectivity index (χ0) is 10.5. The molecule has 4 nitrogen and oxygen atoms in total. The van der Waals surface area contributed by atoms with Crippen molar-refractivity contribution in [1.82, 2.24) is 12.3 Å². The summed E-state index contributed by atoms with van der Waals surface area (Å²) in [4.78, 5) is 0. The highest BCUT2D eigenvalue weighted by atomic mass is 14.2. The van der Waals surface area contributed by atoms with Crippen LogP contribution in [0, 0.1) is 22.7 Å². The fraction of sp³-hybridized carbons (Fsp3) is 0.833. The Kier molecular flexibility index (Phi) is 24.7. The molecule has 94 valence electrons. The fourth-order valence-corrected chi connectivity index (χ4v) is 1.47. The van der Waals surface area contributed by atoms with Gasteiger partial charge >= 0.3 is 0 Å². The van der Waals surface area contributed by atoms with Crippen LogP contribution in [-0.4, -0.2) is 0 Å². The Bertz CT molecular complexity index is 159. The van der Waals surface area contributed by atoms with E-state index in [9.17, 15) is 0 Å². The molecule has 0 radical (unpaired) electrons. The van der Waals surface area contributed by atoms with Crippen molar-refractivity contribution in [2.75, 3.05) is 0 Å². The lowest BCUT2D eigenvalue weighted by molar-refractivity contribution is 0.504. The molecule has 1 rings (SSSR count). The van der Waals surface area contributed by atoms with Gasteiger partial charge in [-0.2, -0.15) is 10.5 Å². The number of nitriles is 2. The first-order valence-electron chi connectivity index (χ1n) is 5.65. The van der Waals surface area contributed by atoms with Gasteiger partial charge in [0.1, 0.15) is 0 Å². The molecule has 0 aromatic rings. The van der Waals surface area contributed by atoms with Crippen LogP contribution < -0.4 is 12.3 Å². The molecule has 0 aromatic heterocycles. The lowest BCUT2D eigenvalue weighted by atomic mass is 10.0. The predicted octanol–water partition coefficient (Wildman–Crippen LogP) is 4.26. The maximum absolute atomic E-state index is 8.03. The highest BCUT2D eigenvalue weighted by Gasteiger charge is 1.95. The lowest BCUT2D eigenvalue weighted by Gasteiger charge is -2.05. The summed E-state index contributed by atoms with van der Waals surface area (Å²) in [5.41, 5.74) is 0. The van der Waals surface area contributed by atoms with E-state index >= 15 is 0 Å². The molecule has 6 N–H and O–H groups in total. The molecule has 16 heavy (non-hydrogen) atoms. The molecule has 0 unspecified atom stereocenters. The first kappa shape index (κ1) is 20.3. The molecular weight excluding hydrogens is 200 g/mol. The van der Waals surface area contributed by atoms with E-state index in [0.717, 1.165) is 12.8 Å². The van der Waals surface area contributed by atoms with Gasteiger partial charge in [-0.25, -0.2) is 0 Å². The third-order valence-corrected chi connectivity index (χ3v) is 2.33. The van der Waals surface area contributed by atoms with Gasteiger partial charge < -0.3 is 12.3 Å². The van der Waals surface area contributed by atoms with Crippen LogP contribution in [0.5, 0.6) is 0 Å². The molecule has 0 saturated heterocycles. The normalized spacial score (nSPS) is 12.6. The number of rotatable bonds is 3. The third-order valence-electron chi connectivity index (χ3n) is 2.33. The molecule has 1 aliphatic carbocycles. The van der Waals surface area contributed by atoms with E-state index in [-0.39, 0.29) is 12.3 Å².